The van der Waals surface area contributed by atoms with E-state index in [1.807, 2.05) is 6.92 Å². The van der Waals surface area contributed by atoms with Crippen molar-refractivity contribution in [2.75, 3.05) is 13.6 Å². The Balaban J connectivity index is 3.08. The van der Waals surface area contributed by atoms with E-state index in [0.29, 0.717) is 6.54 Å². The van der Waals surface area contributed by atoms with Crippen molar-refractivity contribution in [3.05, 3.63) is 29.6 Å². The monoisotopic (exact) mass is 284 g/mol. The van der Waals surface area contributed by atoms with Gasteiger partial charge in [-0.3, -0.25) is 0 Å². The zero-order valence-electron chi connectivity index (χ0n) is 11.1. The molecule has 0 aliphatic carbocycles. The summed E-state index contributed by atoms with van der Waals surface area (Å²) in [5.41, 5.74) is -0.426. The molecule has 0 fully saturated rings. The Morgan fingerprint density at radius 3 is 2.63 bits per heavy atom. The van der Waals surface area contributed by atoms with Gasteiger partial charge in [0.2, 0.25) is 10.0 Å². The van der Waals surface area contributed by atoms with Crippen molar-refractivity contribution in [3.8, 4) is 6.07 Å². The molecule has 4 nitrogen and oxygen atoms in total. The minimum absolute atomic E-state index is 0.269. The Kier molecular flexibility index (Phi) is 5.45. The maximum absolute atomic E-state index is 13.4. The Hall–Kier alpha value is -1.45. The van der Waals surface area contributed by atoms with Gasteiger partial charge < -0.3 is 0 Å². The van der Waals surface area contributed by atoms with Crippen molar-refractivity contribution in [3.63, 3.8) is 0 Å². The van der Waals surface area contributed by atoms with E-state index < -0.39 is 21.4 Å². The number of rotatable bonds is 6. The van der Waals surface area contributed by atoms with Gasteiger partial charge in [0.15, 0.2) is 0 Å². The van der Waals surface area contributed by atoms with Crippen LogP contribution in [0.5, 0.6) is 0 Å². The normalized spacial score (nSPS) is 11.5. The molecule has 0 heterocycles. The van der Waals surface area contributed by atoms with E-state index in [9.17, 15) is 12.8 Å². The third-order valence-corrected chi connectivity index (χ3v) is 4.75. The average Bonchev–Trinajstić information content (AvgIpc) is 2.38. The lowest BCUT2D eigenvalue weighted by Gasteiger charge is -2.17. The number of nitrogens with zero attached hydrogens (tertiary/aromatic N) is 2. The van der Waals surface area contributed by atoms with E-state index in [-0.39, 0.29) is 4.90 Å². The van der Waals surface area contributed by atoms with E-state index in [1.54, 1.807) is 6.07 Å². The maximum atomic E-state index is 13.4. The minimum Gasteiger partial charge on any atom is -0.207 e. The number of hydrogen-bond acceptors (Lipinski definition) is 3. The summed E-state index contributed by atoms with van der Waals surface area (Å²) in [5.74, 6) is -0.814. The first-order valence-corrected chi connectivity index (χ1v) is 7.54. The van der Waals surface area contributed by atoms with Gasteiger partial charge in [0.25, 0.3) is 0 Å². The average molecular weight is 284 g/mol. The summed E-state index contributed by atoms with van der Waals surface area (Å²) < 4.78 is 39.1. The Bertz CT molecular complexity index is 579. The molecule has 0 aromatic heterocycles. The standard InChI is InChI=1S/C13H17FN2O2S/c1-3-4-5-9-16(2)19(17,18)13-8-6-7-12(14)11(13)10-15/h6-8H,3-5,9H2,1-2H3. The Morgan fingerprint density at radius 2 is 2.05 bits per heavy atom. The van der Waals surface area contributed by atoms with Crippen LogP contribution in [0.3, 0.4) is 0 Å². The molecule has 0 spiro atoms. The fourth-order valence-electron chi connectivity index (χ4n) is 1.70. The lowest BCUT2D eigenvalue weighted by atomic mass is 10.2. The first kappa shape index (κ1) is 15.6. The molecule has 0 atom stereocenters. The van der Waals surface area contributed by atoms with Gasteiger partial charge in [-0.05, 0) is 18.6 Å². The molecular formula is C13H17FN2O2S. The van der Waals surface area contributed by atoms with Crippen LogP contribution >= 0.6 is 0 Å². The fraction of sp³-hybridized carbons (Fsp3) is 0.462. The van der Waals surface area contributed by atoms with E-state index in [4.69, 9.17) is 5.26 Å². The van der Waals surface area contributed by atoms with Gasteiger partial charge in [0.1, 0.15) is 22.3 Å². The molecule has 6 heteroatoms. The molecule has 0 aliphatic heterocycles. The van der Waals surface area contributed by atoms with Gasteiger partial charge in [-0.25, -0.2) is 17.1 Å². The van der Waals surface area contributed by atoms with E-state index in [2.05, 4.69) is 0 Å². The Labute approximate surface area is 113 Å². The first-order valence-electron chi connectivity index (χ1n) is 6.10. The van der Waals surface area contributed by atoms with Crippen molar-refractivity contribution in [1.29, 1.82) is 5.26 Å². The summed E-state index contributed by atoms with van der Waals surface area (Å²) in [6.45, 7) is 2.38. The molecule has 0 bridgehead atoms. The summed E-state index contributed by atoms with van der Waals surface area (Å²) in [4.78, 5) is -0.269. The summed E-state index contributed by atoms with van der Waals surface area (Å²) in [6.07, 6.45) is 2.65. The van der Waals surface area contributed by atoms with Crippen LogP contribution in [0.25, 0.3) is 0 Å². The van der Waals surface area contributed by atoms with Gasteiger partial charge in [-0.15, -0.1) is 0 Å². The van der Waals surface area contributed by atoms with Crippen molar-refractivity contribution < 1.29 is 12.8 Å². The van der Waals surface area contributed by atoms with Gasteiger partial charge in [-0.2, -0.15) is 5.26 Å². The molecule has 0 amide bonds. The third kappa shape index (κ3) is 3.52. The van der Waals surface area contributed by atoms with Crippen LogP contribution < -0.4 is 0 Å². The molecular weight excluding hydrogens is 267 g/mol. The van der Waals surface area contributed by atoms with Crippen molar-refractivity contribution in [2.24, 2.45) is 0 Å². The highest BCUT2D eigenvalue weighted by molar-refractivity contribution is 7.89. The number of sulfonamides is 1. The predicted octanol–water partition coefficient (Wildman–Crippen LogP) is 2.51. The second kappa shape index (κ2) is 6.64. The molecule has 0 saturated carbocycles. The molecule has 104 valence electrons. The topological polar surface area (TPSA) is 61.2 Å². The summed E-state index contributed by atoms with van der Waals surface area (Å²) in [5, 5.41) is 8.89. The lowest BCUT2D eigenvalue weighted by Crippen LogP contribution is -2.28. The van der Waals surface area contributed by atoms with Crippen LogP contribution in [0.2, 0.25) is 0 Å². The van der Waals surface area contributed by atoms with Crippen molar-refractivity contribution >= 4 is 10.0 Å². The number of halogens is 1. The molecule has 0 N–H and O–H groups in total. The van der Waals surface area contributed by atoms with Crippen LogP contribution in [-0.4, -0.2) is 26.3 Å². The molecule has 19 heavy (non-hydrogen) atoms. The number of benzene rings is 1. The van der Waals surface area contributed by atoms with Crippen LogP contribution in [-0.2, 0) is 10.0 Å². The summed E-state index contributed by atoms with van der Waals surface area (Å²) in [6, 6.07) is 5.24. The van der Waals surface area contributed by atoms with Crippen molar-refractivity contribution in [1.82, 2.24) is 4.31 Å². The first-order chi connectivity index (χ1) is 8.95. The van der Waals surface area contributed by atoms with E-state index in [0.717, 1.165) is 29.6 Å². The number of hydrogen-bond donors (Lipinski definition) is 0. The number of nitriles is 1. The summed E-state index contributed by atoms with van der Waals surface area (Å²) >= 11 is 0. The predicted molar refractivity (Wildman–Crippen MR) is 70.5 cm³/mol. The molecule has 0 saturated heterocycles. The summed E-state index contributed by atoms with van der Waals surface area (Å²) in [7, 11) is -2.37. The molecule has 1 aromatic carbocycles. The van der Waals surface area contributed by atoms with E-state index >= 15 is 0 Å². The van der Waals surface area contributed by atoms with Gasteiger partial charge in [0, 0.05) is 13.6 Å². The highest BCUT2D eigenvalue weighted by atomic mass is 32.2. The third-order valence-electron chi connectivity index (χ3n) is 2.85. The molecule has 0 radical (unpaired) electrons. The second-order valence-corrected chi connectivity index (χ2v) is 6.27. The van der Waals surface area contributed by atoms with Gasteiger partial charge in [-0.1, -0.05) is 25.8 Å². The number of unbranched alkanes of at least 4 members (excludes halogenated alkanes) is 2. The largest absolute Gasteiger partial charge is 0.244 e. The molecule has 1 aromatic rings. The van der Waals surface area contributed by atoms with Crippen LogP contribution in [0.15, 0.2) is 23.1 Å². The minimum atomic E-state index is -3.81. The van der Waals surface area contributed by atoms with Crippen LogP contribution in [0, 0.1) is 17.1 Å². The zero-order chi connectivity index (χ0) is 14.5. The Morgan fingerprint density at radius 1 is 1.37 bits per heavy atom. The van der Waals surface area contributed by atoms with Crippen molar-refractivity contribution in [2.45, 2.75) is 31.1 Å². The van der Waals surface area contributed by atoms with E-state index in [1.165, 1.54) is 19.2 Å². The fourth-order valence-corrected chi connectivity index (χ4v) is 3.06. The zero-order valence-corrected chi connectivity index (χ0v) is 11.9. The molecule has 1 rings (SSSR count). The maximum Gasteiger partial charge on any atom is 0.244 e. The highest BCUT2D eigenvalue weighted by Crippen LogP contribution is 2.21. The quantitative estimate of drug-likeness (QED) is 0.754. The molecule has 0 aliphatic rings. The van der Waals surface area contributed by atoms with Crippen LogP contribution in [0.1, 0.15) is 31.7 Å². The van der Waals surface area contributed by atoms with Gasteiger partial charge in [0.05, 0.1) is 0 Å². The lowest BCUT2D eigenvalue weighted by molar-refractivity contribution is 0.453. The molecule has 0 unspecified atom stereocenters. The second-order valence-electron chi connectivity index (χ2n) is 4.26. The smallest absolute Gasteiger partial charge is 0.207 e. The van der Waals surface area contributed by atoms with Crippen LogP contribution in [0.4, 0.5) is 4.39 Å². The highest BCUT2D eigenvalue weighted by Gasteiger charge is 2.25. The SMILES string of the molecule is CCCCCN(C)S(=O)(=O)c1cccc(F)c1C#N. The van der Waals surface area contributed by atoms with Gasteiger partial charge >= 0.3 is 0 Å².